The van der Waals surface area contributed by atoms with Gasteiger partial charge in [0.1, 0.15) is 5.03 Å². The predicted molar refractivity (Wildman–Crippen MR) is 55.9 cm³/mol. The second-order valence-electron chi connectivity index (χ2n) is 2.27. The third kappa shape index (κ3) is 2.73. The van der Waals surface area contributed by atoms with Gasteiger partial charge in [-0.2, -0.15) is 0 Å². The molecular formula is C9H5Cl3O. The summed E-state index contributed by atoms with van der Waals surface area (Å²) in [6, 6.07) is 8.90. The van der Waals surface area contributed by atoms with Crippen molar-refractivity contribution in [3.05, 3.63) is 40.9 Å². The fourth-order valence-electron chi connectivity index (χ4n) is 0.797. The molecule has 0 heterocycles. The highest BCUT2D eigenvalue weighted by molar-refractivity contribution is 6.77. The van der Waals surface area contributed by atoms with Crippen LogP contribution in [-0.4, -0.2) is 5.24 Å². The quantitative estimate of drug-likeness (QED) is 0.565. The van der Waals surface area contributed by atoms with Crippen LogP contribution in [0.1, 0.15) is 5.56 Å². The first-order valence-electron chi connectivity index (χ1n) is 3.43. The van der Waals surface area contributed by atoms with E-state index in [1.807, 2.05) is 6.07 Å². The van der Waals surface area contributed by atoms with E-state index >= 15 is 0 Å². The number of hydrogen-bond donors (Lipinski definition) is 0. The van der Waals surface area contributed by atoms with Gasteiger partial charge in [0.05, 0.1) is 5.03 Å². The van der Waals surface area contributed by atoms with Crippen LogP contribution in [0.2, 0.25) is 0 Å². The predicted octanol–water partition coefficient (Wildman–Crippen LogP) is 3.60. The SMILES string of the molecule is O=C(Cl)C(Cl)=C(Cl)c1ccccc1. The summed E-state index contributed by atoms with van der Waals surface area (Å²) in [5.41, 5.74) is 0.670. The average Bonchev–Trinajstić information content (AvgIpc) is 2.17. The Morgan fingerprint density at radius 3 is 2.00 bits per heavy atom. The number of carbonyl (C=O) groups excluding carboxylic acids is 1. The van der Waals surface area contributed by atoms with E-state index in [-0.39, 0.29) is 10.1 Å². The zero-order valence-electron chi connectivity index (χ0n) is 6.43. The largest absolute Gasteiger partial charge is 0.275 e. The first-order chi connectivity index (χ1) is 6.13. The maximum absolute atomic E-state index is 10.6. The maximum Gasteiger partial charge on any atom is 0.265 e. The Hall–Kier alpha value is -0.500. The van der Waals surface area contributed by atoms with Gasteiger partial charge in [0.15, 0.2) is 0 Å². The fraction of sp³-hybridized carbons (Fsp3) is 0. The van der Waals surface area contributed by atoms with Crippen molar-refractivity contribution in [2.45, 2.75) is 0 Å². The minimum absolute atomic E-state index is 0.158. The molecule has 1 aromatic rings. The molecule has 0 aromatic heterocycles. The Bertz CT molecular complexity index is 343. The van der Waals surface area contributed by atoms with E-state index in [4.69, 9.17) is 34.8 Å². The first-order valence-corrected chi connectivity index (χ1v) is 4.57. The molecule has 1 nitrogen and oxygen atoms in total. The van der Waals surface area contributed by atoms with E-state index < -0.39 is 5.24 Å². The molecule has 0 fully saturated rings. The third-order valence-electron chi connectivity index (χ3n) is 1.39. The molecule has 0 bridgehead atoms. The van der Waals surface area contributed by atoms with Gasteiger partial charge in [-0.15, -0.1) is 0 Å². The van der Waals surface area contributed by atoms with Crippen molar-refractivity contribution < 1.29 is 4.79 Å². The minimum atomic E-state index is -0.754. The standard InChI is InChI=1S/C9H5Cl3O/c10-7(8(11)9(12)13)6-4-2-1-3-5-6/h1-5H. The highest BCUT2D eigenvalue weighted by Gasteiger charge is 2.09. The second-order valence-corrected chi connectivity index (χ2v) is 3.37. The molecule has 13 heavy (non-hydrogen) atoms. The maximum atomic E-state index is 10.6. The summed E-state index contributed by atoms with van der Waals surface area (Å²) < 4.78 is 0. The highest BCUT2D eigenvalue weighted by Crippen LogP contribution is 2.26. The topological polar surface area (TPSA) is 17.1 Å². The zero-order chi connectivity index (χ0) is 9.84. The number of allylic oxidation sites excluding steroid dienone is 1. The van der Waals surface area contributed by atoms with E-state index in [9.17, 15) is 4.79 Å². The molecular weight excluding hydrogens is 230 g/mol. The third-order valence-corrected chi connectivity index (χ3v) is 2.54. The van der Waals surface area contributed by atoms with Crippen LogP contribution >= 0.6 is 34.8 Å². The summed E-state index contributed by atoms with van der Waals surface area (Å²) in [4.78, 5) is 10.6. The fourth-order valence-corrected chi connectivity index (χ4v) is 1.26. The lowest BCUT2D eigenvalue weighted by molar-refractivity contribution is -0.107. The van der Waals surface area contributed by atoms with Crippen LogP contribution in [-0.2, 0) is 4.79 Å². The second kappa shape index (κ2) is 4.66. The molecule has 4 heteroatoms. The molecule has 0 unspecified atom stereocenters. The lowest BCUT2D eigenvalue weighted by Gasteiger charge is -1.99. The Morgan fingerprint density at radius 2 is 1.54 bits per heavy atom. The van der Waals surface area contributed by atoms with Crippen LogP contribution < -0.4 is 0 Å². The van der Waals surface area contributed by atoms with Crippen molar-refractivity contribution in [1.82, 2.24) is 0 Å². The van der Waals surface area contributed by atoms with Gasteiger partial charge in [0, 0.05) is 0 Å². The summed E-state index contributed by atoms with van der Waals surface area (Å²) in [7, 11) is 0. The van der Waals surface area contributed by atoms with Gasteiger partial charge in [0.25, 0.3) is 5.24 Å². The van der Waals surface area contributed by atoms with Gasteiger partial charge in [-0.05, 0) is 17.2 Å². The van der Waals surface area contributed by atoms with Crippen LogP contribution in [0.25, 0.3) is 5.03 Å². The normalized spacial score (nSPS) is 12.2. The van der Waals surface area contributed by atoms with Gasteiger partial charge >= 0.3 is 0 Å². The van der Waals surface area contributed by atoms with Gasteiger partial charge in [-0.1, -0.05) is 53.5 Å². The molecule has 0 N–H and O–H groups in total. The van der Waals surface area contributed by atoms with Gasteiger partial charge in [-0.25, -0.2) is 0 Å². The average molecular weight is 235 g/mol. The molecule has 0 aliphatic carbocycles. The summed E-state index contributed by atoms with van der Waals surface area (Å²) in [5.74, 6) is 0. The monoisotopic (exact) mass is 234 g/mol. The molecule has 0 aliphatic heterocycles. The van der Waals surface area contributed by atoms with Gasteiger partial charge < -0.3 is 0 Å². The molecule has 0 spiro atoms. The van der Waals surface area contributed by atoms with Crippen molar-refractivity contribution in [3.63, 3.8) is 0 Å². The van der Waals surface area contributed by atoms with E-state index in [1.54, 1.807) is 24.3 Å². The number of rotatable bonds is 2. The van der Waals surface area contributed by atoms with Crippen molar-refractivity contribution in [3.8, 4) is 0 Å². The van der Waals surface area contributed by atoms with Crippen LogP contribution in [0, 0.1) is 0 Å². The van der Waals surface area contributed by atoms with Crippen molar-refractivity contribution in [2.75, 3.05) is 0 Å². The smallest absolute Gasteiger partial charge is 0.265 e. The lowest BCUT2D eigenvalue weighted by Crippen LogP contribution is -1.88. The van der Waals surface area contributed by atoms with E-state index in [2.05, 4.69) is 0 Å². The van der Waals surface area contributed by atoms with Crippen LogP contribution in [0.4, 0.5) is 0 Å². The minimum Gasteiger partial charge on any atom is -0.275 e. The number of benzene rings is 1. The highest BCUT2D eigenvalue weighted by atomic mass is 35.5. The van der Waals surface area contributed by atoms with Gasteiger partial charge in [0.2, 0.25) is 0 Å². The number of hydrogen-bond acceptors (Lipinski definition) is 1. The molecule has 68 valence electrons. The Labute approximate surface area is 90.9 Å². The lowest BCUT2D eigenvalue weighted by atomic mass is 10.2. The first kappa shape index (κ1) is 10.6. The summed E-state index contributed by atoms with van der Waals surface area (Å²) in [6.07, 6.45) is 0. The molecule has 1 aromatic carbocycles. The molecule has 0 aliphatic rings. The van der Waals surface area contributed by atoms with Crippen molar-refractivity contribution >= 4 is 45.1 Å². The van der Waals surface area contributed by atoms with E-state index in [0.717, 1.165) is 0 Å². The van der Waals surface area contributed by atoms with E-state index in [0.29, 0.717) is 5.56 Å². The van der Waals surface area contributed by atoms with E-state index in [1.165, 1.54) is 0 Å². The molecule has 0 amide bonds. The number of carbonyl (C=O) groups is 1. The van der Waals surface area contributed by atoms with Crippen molar-refractivity contribution in [1.29, 1.82) is 0 Å². The molecule has 1 rings (SSSR count). The summed E-state index contributed by atoms with van der Waals surface area (Å²) >= 11 is 16.5. The van der Waals surface area contributed by atoms with Crippen molar-refractivity contribution in [2.24, 2.45) is 0 Å². The molecule has 0 saturated heterocycles. The summed E-state index contributed by atoms with van der Waals surface area (Å²) in [5, 5.41) is -0.743. The van der Waals surface area contributed by atoms with Crippen LogP contribution in [0.3, 0.4) is 0 Å². The van der Waals surface area contributed by atoms with Crippen LogP contribution in [0.15, 0.2) is 35.4 Å². The van der Waals surface area contributed by atoms with Gasteiger partial charge in [-0.3, -0.25) is 4.79 Å². The molecule has 0 atom stereocenters. The molecule has 0 radical (unpaired) electrons. The Balaban J connectivity index is 3.11. The number of halogens is 3. The molecule has 0 saturated carbocycles. The zero-order valence-corrected chi connectivity index (χ0v) is 8.70. The summed E-state index contributed by atoms with van der Waals surface area (Å²) in [6.45, 7) is 0. The van der Waals surface area contributed by atoms with Crippen LogP contribution in [0.5, 0.6) is 0 Å². The Kier molecular flexibility index (Phi) is 3.79. The Morgan fingerprint density at radius 1 is 1.00 bits per heavy atom.